The Balaban J connectivity index is 1.42. The lowest BCUT2D eigenvalue weighted by atomic mass is 10.1. The Labute approximate surface area is 173 Å². The van der Waals surface area contributed by atoms with Crippen LogP contribution >= 0.6 is 0 Å². The quantitative estimate of drug-likeness (QED) is 0.739. The third kappa shape index (κ3) is 3.96. The fraction of sp³-hybridized carbons (Fsp3) is 0.381. The summed E-state index contributed by atoms with van der Waals surface area (Å²) in [5.74, 6) is -0.404. The molecule has 160 valence electrons. The molecule has 1 aliphatic heterocycles. The van der Waals surface area contributed by atoms with Crippen LogP contribution in [0.15, 0.2) is 47.4 Å². The number of piperazine rings is 1. The number of amides is 1. The number of hydrogen-bond donors (Lipinski definition) is 0. The molecule has 2 aliphatic rings. The second-order valence-electron chi connectivity index (χ2n) is 7.56. The zero-order chi connectivity index (χ0) is 21.5. The van der Waals surface area contributed by atoms with Gasteiger partial charge in [-0.2, -0.15) is 17.5 Å². The van der Waals surface area contributed by atoms with E-state index in [1.54, 1.807) is 12.1 Å². The Morgan fingerprint density at radius 3 is 2.13 bits per heavy atom. The summed E-state index contributed by atoms with van der Waals surface area (Å²) in [6.45, 7) is 0.658. The maximum Gasteiger partial charge on any atom is 0.416 e. The largest absolute Gasteiger partial charge is 0.416 e. The Kier molecular flexibility index (Phi) is 5.36. The molecule has 0 bridgehead atoms. The van der Waals surface area contributed by atoms with Crippen LogP contribution in [0.5, 0.6) is 0 Å². The average Bonchev–Trinajstić information content (AvgIpc) is 3.21. The number of aryl methyl sites for hydroxylation is 2. The number of halogens is 3. The minimum atomic E-state index is -4.46. The molecule has 1 heterocycles. The molecule has 1 fully saturated rings. The zero-order valence-electron chi connectivity index (χ0n) is 16.2. The SMILES string of the molecule is O=C(c1ccc(C(F)(F)F)cc1)N1CCN(S(=O)(=O)c2ccc3c(c2)CCC3)CC1. The number of alkyl halides is 3. The molecule has 9 heteroatoms. The molecule has 0 saturated carbocycles. The van der Waals surface area contributed by atoms with Crippen molar-refractivity contribution in [3.63, 3.8) is 0 Å². The highest BCUT2D eigenvalue weighted by Gasteiger charge is 2.32. The van der Waals surface area contributed by atoms with Gasteiger partial charge in [-0.1, -0.05) is 6.07 Å². The lowest BCUT2D eigenvalue weighted by Gasteiger charge is -2.34. The van der Waals surface area contributed by atoms with Crippen molar-refractivity contribution >= 4 is 15.9 Å². The molecule has 2 aromatic rings. The van der Waals surface area contributed by atoms with Crippen LogP contribution in [-0.2, 0) is 29.0 Å². The summed E-state index contributed by atoms with van der Waals surface area (Å²) < 4.78 is 65.4. The Morgan fingerprint density at radius 2 is 1.50 bits per heavy atom. The molecule has 1 saturated heterocycles. The maximum absolute atomic E-state index is 13.0. The monoisotopic (exact) mass is 438 g/mol. The number of benzene rings is 2. The molecule has 0 N–H and O–H groups in total. The Bertz CT molecular complexity index is 1060. The summed E-state index contributed by atoms with van der Waals surface area (Å²) in [6, 6.07) is 9.32. The topological polar surface area (TPSA) is 57.7 Å². The fourth-order valence-corrected chi connectivity index (χ4v) is 5.45. The third-order valence-electron chi connectivity index (χ3n) is 5.69. The molecule has 0 aromatic heterocycles. The summed E-state index contributed by atoms with van der Waals surface area (Å²) >= 11 is 0. The molecule has 1 aliphatic carbocycles. The van der Waals surface area contributed by atoms with Crippen molar-refractivity contribution in [2.24, 2.45) is 0 Å². The van der Waals surface area contributed by atoms with Crippen LogP contribution in [0.1, 0.15) is 33.5 Å². The van der Waals surface area contributed by atoms with Gasteiger partial charge < -0.3 is 4.90 Å². The van der Waals surface area contributed by atoms with E-state index in [9.17, 15) is 26.4 Å². The van der Waals surface area contributed by atoms with Crippen molar-refractivity contribution in [1.29, 1.82) is 0 Å². The van der Waals surface area contributed by atoms with E-state index < -0.39 is 27.7 Å². The van der Waals surface area contributed by atoms with E-state index in [0.717, 1.165) is 49.1 Å². The first-order chi connectivity index (χ1) is 14.2. The van der Waals surface area contributed by atoms with Crippen LogP contribution in [0.3, 0.4) is 0 Å². The van der Waals surface area contributed by atoms with E-state index in [4.69, 9.17) is 0 Å². The van der Waals surface area contributed by atoms with E-state index in [1.807, 2.05) is 6.07 Å². The van der Waals surface area contributed by atoms with E-state index in [2.05, 4.69) is 0 Å². The van der Waals surface area contributed by atoms with Gasteiger partial charge in [0.1, 0.15) is 0 Å². The van der Waals surface area contributed by atoms with Crippen LogP contribution in [0, 0.1) is 0 Å². The van der Waals surface area contributed by atoms with E-state index >= 15 is 0 Å². The normalized spacial score (nSPS) is 17.8. The predicted octanol–water partition coefficient (Wildman–Crippen LogP) is 3.34. The summed E-state index contributed by atoms with van der Waals surface area (Å²) in [5.41, 5.74) is 1.61. The molecule has 1 amide bonds. The van der Waals surface area contributed by atoms with Gasteiger partial charge >= 0.3 is 6.18 Å². The second kappa shape index (κ2) is 7.70. The third-order valence-corrected chi connectivity index (χ3v) is 7.59. The lowest BCUT2D eigenvalue weighted by Crippen LogP contribution is -2.50. The fourth-order valence-electron chi connectivity index (χ4n) is 3.97. The second-order valence-corrected chi connectivity index (χ2v) is 9.49. The van der Waals surface area contributed by atoms with Gasteiger partial charge in [0.25, 0.3) is 5.91 Å². The van der Waals surface area contributed by atoms with Gasteiger partial charge in [0.15, 0.2) is 0 Å². The molecule has 30 heavy (non-hydrogen) atoms. The smallest absolute Gasteiger partial charge is 0.336 e. The molecule has 0 unspecified atom stereocenters. The minimum Gasteiger partial charge on any atom is -0.336 e. The summed E-state index contributed by atoms with van der Waals surface area (Å²) in [5, 5.41) is 0. The van der Waals surface area contributed by atoms with Crippen LogP contribution in [-0.4, -0.2) is 49.7 Å². The lowest BCUT2D eigenvalue weighted by molar-refractivity contribution is -0.137. The van der Waals surface area contributed by atoms with E-state index in [1.165, 1.54) is 14.8 Å². The van der Waals surface area contributed by atoms with Crippen molar-refractivity contribution in [3.05, 3.63) is 64.7 Å². The standard InChI is InChI=1S/C21H21F3N2O3S/c22-21(23,24)18-7-4-16(5-8-18)20(27)25-10-12-26(13-11-25)30(28,29)19-9-6-15-2-1-3-17(15)14-19/h4-9,14H,1-3,10-13H2. The molecular formula is C21H21F3N2O3S. The number of hydrogen-bond acceptors (Lipinski definition) is 3. The molecule has 5 nitrogen and oxygen atoms in total. The van der Waals surface area contributed by atoms with Crippen LogP contribution < -0.4 is 0 Å². The number of carbonyl (C=O) groups is 1. The minimum absolute atomic E-state index is 0.145. The highest BCUT2D eigenvalue weighted by atomic mass is 32.2. The van der Waals surface area contributed by atoms with E-state index in [0.29, 0.717) is 0 Å². The number of nitrogens with zero attached hydrogens (tertiary/aromatic N) is 2. The summed E-state index contributed by atoms with van der Waals surface area (Å²) in [4.78, 5) is 14.3. The van der Waals surface area contributed by atoms with Gasteiger partial charge in [-0.15, -0.1) is 0 Å². The first-order valence-electron chi connectivity index (χ1n) is 9.75. The van der Waals surface area contributed by atoms with Crippen LogP contribution in [0.4, 0.5) is 13.2 Å². The number of rotatable bonds is 3. The number of carbonyl (C=O) groups excluding carboxylic acids is 1. The van der Waals surface area contributed by atoms with Gasteiger partial charge in [-0.25, -0.2) is 8.42 Å². The van der Waals surface area contributed by atoms with Crippen molar-refractivity contribution in [1.82, 2.24) is 9.21 Å². The first-order valence-corrected chi connectivity index (χ1v) is 11.2. The molecule has 0 spiro atoms. The Hall–Kier alpha value is -2.39. The molecule has 0 radical (unpaired) electrons. The first kappa shape index (κ1) is 20.9. The summed E-state index contributed by atoms with van der Waals surface area (Å²) in [6.07, 6.45) is -1.57. The van der Waals surface area contributed by atoms with Crippen molar-refractivity contribution in [2.45, 2.75) is 30.3 Å². The predicted molar refractivity (Wildman–Crippen MR) is 105 cm³/mol. The zero-order valence-corrected chi connectivity index (χ0v) is 17.0. The van der Waals surface area contributed by atoms with Gasteiger partial charge in [0, 0.05) is 31.7 Å². The Morgan fingerprint density at radius 1 is 0.867 bits per heavy atom. The van der Waals surface area contributed by atoms with Crippen molar-refractivity contribution < 1.29 is 26.4 Å². The van der Waals surface area contributed by atoms with E-state index in [-0.39, 0.29) is 36.6 Å². The van der Waals surface area contributed by atoms with Gasteiger partial charge in [-0.3, -0.25) is 4.79 Å². The summed E-state index contributed by atoms with van der Waals surface area (Å²) in [7, 11) is -3.65. The number of sulfonamides is 1. The molecule has 0 atom stereocenters. The molecule has 2 aromatic carbocycles. The highest BCUT2D eigenvalue weighted by molar-refractivity contribution is 7.89. The highest BCUT2D eigenvalue weighted by Crippen LogP contribution is 2.30. The number of fused-ring (bicyclic) bond motifs is 1. The van der Waals surface area contributed by atoms with Crippen LogP contribution in [0.25, 0.3) is 0 Å². The van der Waals surface area contributed by atoms with Crippen molar-refractivity contribution in [2.75, 3.05) is 26.2 Å². The average molecular weight is 438 g/mol. The molecule has 4 rings (SSSR count). The van der Waals surface area contributed by atoms with Gasteiger partial charge in [-0.05, 0) is 66.8 Å². The van der Waals surface area contributed by atoms with Crippen LogP contribution in [0.2, 0.25) is 0 Å². The van der Waals surface area contributed by atoms with Crippen molar-refractivity contribution in [3.8, 4) is 0 Å². The molecular weight excluding hydrogens is 417 g/mol. The van der Waals surface area contributed by atoms with Gasteiger partial charge in [0.05, 0.1) is 10.5 Å². The maximum atomic E-state index is 13.0. The van der Waals surface area contributed by atoms with Gasteiger partial charge in [0.2, 0.25) is 10.0 Å².